The van der Waals surface area contributed by atoms with Crippen molar-refractivity contribution in [1.29, 1.82) is 0 Å². The number of hydrogen-bond acceptors (Lipinski definition) is 2. The first-order valence-corrected chi connectivity index (χ1v) is 12.7. The summed E-state index contributed by atoms with van der Waals surface area (Å²) in [5.41, 5.74) is 3.84. The van der Waals surface area contributed by atoms with Gasteiger partial charge in [-0.05, 0) is 42.4 Å². The lowest BCUT2D eigenvalue weighted by molar-refractivity contribution is 0.252. The van der Waals surface area contributed by atoms with E-state index in [9.17, 15) is 9.46 Å². The van der Waals surface area contributed by atoms with Gasteiger partial charge in [0.25, 0.3) is 0 Å². The molecule has 0 aromatic heterocycles. The third-order valence-electron chi connectivity index (χ3n) is 5.62. The van der Waals surface area contributed by atoms with Crippen LogP contribution in [0.2, 0.25) is 0 Å². The van der Waals surface area contributed by atoms with Crippen LogP contribution >= 0.6 is 7.60 Å². The predicted octanol–water partition coefficient (Wildman–Crippen LogP) is 7.12. The molecule has 0 aliphatic heterocycles. The fourth-order valence-electron chi connectivity index (χ4n) is 3.55. The van der Waals surface area contributed by atoms with Gasteiger partial charge in [0.15, 0.2) is 0 Å². The molecule has 4 heteroatoms. The number of rotatable bonds is 13. The van der Waals surface area contributed by atoms with Crippen molar-refractivity contribution in [3.05, 3.63) is 71.3 Å². The van der Waals surface area contributed by atoms with Crippen LogP contribution in [0.4, 0.5) is 0 Å². The molecule has 29 heavy (non-hydrogen) atoms. The van der Waals surface area contributed by atoms with E-state index in [4.69, 9.17) is 4.52 Å². The molecule has 0 aliphatic carbocycles. The van der Waals surface area contributed by atoms with Crippen molar-refractivity contribution in [2.75, 3.05) is 12.8 Å². The van der Waals surface area contributed by atoms with Crippen molar-refractivity contribution in [2.45, 2.75) is 71.1 Å². The molecule has 0 fully saturated rings. The van der Waals surface area contributed by atoms with Crippen LogP contribution in [0.1, 0.15) is 76.0 Å². The number of hydrogen-bond donors (Lipinski definition) is 1. The second-order valence-corrected chi connectivity index (χ2v) is 10.4. The van der Waals surface area contributed by atoms with Crippen LogP contribution in [-0.2, 0) is 20.9 Å². The molecule has 0 saturated heterocycles. The number of benzene rings is 2. The third kappa shape index (κ3) is 8.09. The Labute approximate surface area is 177 Å². The average molecular weight is 417 g/mol. The summed E-state index contributed by atoms with van der Waals surface area (Å²) in [7, 11) is -3.43. The van der Waals surface area contributed by atoms with Crippen LogP contribution in [0.15, 0.2) is 54.6 Å². The highest BCUT2D eigenvalue weighted by Gasteiger charge is 2.22. The smallest absolute Gasteiger partial charge is 0.324 e. The lowest BCUT2D eigenvalue weighted by Crippen LogP contribution is -2.18. The Morgan fingerprint density at radius 3 is 2.17 bits per heavy atom. The summed E-state index contributed by atoms with van der Waals surface area (Å²) in [6.07, 6.45) is 7.01. The van der Waals surface area contributed by atoms with Gasteiger partial charge in [-0.2, -0.15) is 0 Å². The first-order chi connectivity index (χ1) is 13.8. The molecule has 0 saturated carbocycles. The van der Waals surface area contributed by atoms with Crippen molar-refractivity contribution >= 4 is 7.60 Å². The zero-order chi connectivity index (χ0) is 21.2. The zero-order valence-corrected chi connectivity index (χ0v) is 19.2. The summed E-state index contributed by atoms with van der Waals surface area (Å²) in [5.74, 6) is 0. The van der Waals surface area contributed by atoms with Crippen LogP contribution in [0.3, 0.4) is 0 Å². The van der Waals surface area contributed by atoms with Gasteiger partial charge in [-0.25, -0.2) is 0 Å². The van der Waals surface area contributed by atoms with Crippen LogP contribution in [0.25, 0.3) is 0 Å². The van der Waals surface area contributed by atoms with Crippen molar-refractivity contribution in [2.24, 2.45) is 0 Å². The normalized spacial score (nSPS) is 13.9. The molecule has 0 aliphatic rings. The lowest BCUT2D eigenvalue weighted by Gasteiger charge is -2.26. The van der Waals surface area contributed by atoms with E-state index in [1.54, 1.807) is 0 Å². The summed E-state index contributed by atoms with van der Waals surface area (Å²) in [4.78, 5) is 9.94. The largest absolute Gasteiger partial charge is 0.328 e. The molecular weight excluding hydrogens is 379 g/mol. The van der Waals surface area contributed by atoms with E-state index in [-0.39, 0.29) is 11.6 Å². The highest BCUT2D eigenvalue weighted by Crippen LogP contribution is 2.43. The van der Waals surface area contributed by atoms with Crippen LogP contribution in [-0.4, -0.2) is 17.7 Å². The Morgan fingerprint density at radius 1 is 0.862 bits per heavy atom. The number of aryl methyl sites for hydroxylation is 1. The average Bonchev–Trinajstić information content (AvgIpc) is 2.72. The van der Waals surface area contributed by atoms with Crippen molar-refractivity contribution in [1.82, 2.24) is 0 Å². The third-order valence-corrected chi connectivity index (χ3v) is 7.09. The van der Waals surface area contributed by atoms with Gasteiger partial charge >= 0.3 is 7.60 Å². The fourth-order valence-corrected chi connectivity index (χ4v) is 4.72. The minimum atomic E-state index is -3.43. The minimum Gasteiger partial charge on any atom is -0.324 e. The lowest BCUT2D eigenvalue weighted by atomic mass is 9.78. The molecule has 0 bridgehead atoms. The van der Waals surface area contributed by atoms with Crippen molar-refractivity contribution in [3.8, 4) is 0 Å². The van der Waals surface area contributed by atoms with E-state index in [0.717, 1.165) is 38.5 Å². The molecule has 3 nitrogen and oxygen atoms in total. The topological polar surface area (TPSA) is 46.5 Å². The van der Waals surface area contributed by atoms with Crippen molar-refractivity contribution < 1.29 is 14.0 Å². The molecule has 1 unspecified atom stereocenters. The van der Waals surface area contributed by atoms with Crippen LogP contribution < -0.4 is 0 Å². The first kappa shape index (κ1) is 23.9. The SMILES string of the molecule is CCCCCCOP(=O)(O)CCCCc1ccc(C(C)(C)c2ccccc2)cc1. The van der Waals surface area contributed by atoms with E-state index in [1.807, 2.05) is 6.07 Å². The summed E-state index contributed by atoms with van der Waals surface area (Å²) in [6.45, 7) is 7.04. The van der Waals surface area contributed by atoms with Crippen LogP contribution in [0, 0.1) is 0 Å². The Morgan fingerprint density at radius 2 is 1.52 bits per heavy atom. The molecule has 2 aromatic rings. The highest BCUT2D eigenvalue weighted by atomic mass is 31.2. The van der Waals surface area contributed by atoms with E-state index < -0.39 is 7.60 Å². The van der Waals surface area contributed by atoms with Gasteiger partial charge < -0.3 is 9.42 Å². The van der Waals surface area contributed by atoms with Gasteiger partial charge in [0, 0.05) is 11.6 Å². The molecule has 160 valence electrons. The molecule has 0 heterocycles. The Hall–Kier alpha value is -1.41. The molecule has 2 aromatic carbocycles. The van der Waals surface area contributed by atoms with E-state index in [2.05, 4.69) is 69.3 Å². The number of unbranched alkanes of at least 4 members (excludes halogenated alkanes) is 4. The van der Waals surface area contributed by atoms with E-state index >= 15 is 0 Å². The Balaban J connectivity index is 1.76. The Bertz CT molecular complexity index is 753. The minimum absolute atomic E-state index is 0.0300. The van der Waals surface area contributed by atoms with Gasteiger partial charge in [0.1, 0.15) is 0 Å². The molecule has 2 rings (SSSR count). The molecule has 1 atom stereocenters. The van der Waals surface area contributed by atoms with Gasteiger partial charge in [-0.15, -0.1) is 0 Å². The standard InChI is InChI=1S/C25H37O3P/c1-4-5-6-11-20-28-29(26,27)21-12-10-13-22-16-18-24(19-17-22)25(2,3)23-14-8-7-9-15-23/h7-9,14-19H,4-6,10-13,20-21H2,1-3H3,(H,26,27). The molecule has 0 radical (unpaired) electrons. The maximum atomic E-state index is 12.1. The molecule has 1 N–H and O–H groups in total. The second kappa shape index (κ2) is 11.7. The van der Waals surface area contributed by atoms with Gasteiger partial charge in [0.2, 0.25) is 0 Å². The Kier molecular flexibility index (Phi) is 9.62. The maximum Gasteiger partial charge on any atom is 0.328 e. The van der Waals surface area contributed by atoms with Gasteiger partial charge in [0.05, 0.1) is 6.61 Å². The predicted molar refractivity (Wildman–Crippen MR) is 123 cm³/mol. The summed E-state index contributed by atoms with van der Waals surface area (Å²) < 4.78 is 17.3. The fraction of sp³-hybridized carbons (Fsp3) is 0.520. The monoisotopic (exact) mass is 416 g/mol. The second-order valence-electron chi connectivity index (χ2n) is 8.40. The molecular formula is C25H37O3P. The molecule has 0 amide bonds. The van der Waals surface area contributed by atoms with Crippen LogP contribution in [0.5, 0.6) is 0 Å². The maximum absolute atomic E-state index is 12.1. The zero-order valence-electron chi connectivity index (χ0n) is 18.3. The summed E-state index contributed by atoms with van der Waals surface area (Å²) in [6, 6.07) is 19.3. The van der Waals surface area contributed by atoms with Gasteiger partial charge in [-0.3, -0.25) is 4.57 Å². The van der Waals surface area contributed by atoms with E-state index in [1.165, 1.54) is 16.7 Å². The quantitative estimate of drug-likeness (QED) is 0.279. The highest BCUT2D eigenvalue weighted by molar-refractivity contribution is 7.52. The van der Waals surface area contributed by atoms with E-state index in [0.29, 0.717) is 13.0 Å². The summed E-state index contributed by atoms with van der Waals surface area (Å²) in [5, 5.41) is 0. The molecule has 0 spiro atoms. The summed E-state index contributed by atoms with van der Waals surface area (Å²) >= 11 is 0. The first-order valence-electron chi connectivity index (χ1n) is 11.0. The van der Waals surface area contributed by atoms with Crippen molar-refractivity contribution in [3.63, 3.8) is 0 Å². The van der Waals surface area contributed by atoms with Gasteiger partial charge in [-0.1, -0.05) is 94.6 Å².